The molecule has 0 saturated carbocycles. The molecule has 5 N–H and O–H groups in total. The second kappa shape index (κ2) is 13.8. The van der Waals surface area contributed by atoms with Crippen molar-refractivity contribution in [2.75, 3.05) is 26.2 Å². The van der Waals surface area contributed by atoms with Gasteiger partial charge in [0.05, 0.1) is 12.6 Å². The number of rotatable bonds is 0. The number of nitrogens with one attached hydrogen (secondary N) is 3. The third-order valence-electron chi connectivity index (χ3n) is 4.76. The van der Waals surface area contributed by atoms with E-state index in [0.29, 0.717) is 28.9 Å². The average molecular weight is 450 g/mol. The first-order valence-corrected chi connectivity index (χ1v) is 11.9. The number of pyridine rings is 1. The maximum Gasteiger partial charge on any atom is 0.188 e. The van der Waals surface area contributed by atoms with E-state index in [4.69, 9.17) is 5.73 Å². The van der Waals surface area contributed by atoms with Crippen LogP contribution < -0.4 is 26.3 Å². The lowest BCUT2D eigenvalue weighted by Gasteiger charge is -2.35. The molecular formula is C26H53N6+. The monoisotopic (exact) mass is 449 g/mol. The van der Waals surface area contributed by atoms with Gasteiger partial charge in [-0.05, 0) is 16.2 Å². The highest BCUT2D eigenvalue weighted by molar-refractivity contribution is 5.79. The predicted molar refractivity (Wildman–Crippen MR) is 140 cm³/mol. The van der Waals surface area contributed by atoms with E-state index in [1.54, 1.807) is 0 Å². The fourth-order valence-corrected chi connectivity index (χ4v) is 2.70. The van der Waals surface area contributed by atoms with Crippen LogP contribution in [0.25, 0.3) is 0 Å². The third kappa shape index (κ3) is 17.0. The molecule has 2 atom stereocenters. The Balaban J connectivity index is 0.000000415. The summed E-state index contributed by atoms with van der Waals surface area (Å²) in [6.07, 6.45) is 4.00. The van der Waals surface area contributed by atoms with Gasteiger partial charge in [0.2, 0.25) is 0 Å². The normalized spacial score (nSPS) is 20.8. The van der Waals surface area contributed by atoms with Crippen molar-refractivity contribution in [3.05, 3.63) is 30.6 Å². The lowest BCUT2D eigenvalue weighted by atomic mass is 9.86. The average Bonchev–Trinajstić information content (AvgIpc) is 3.09. The molecule has 32 heavy (non-hydrogen) atoms. The van der Waals surface area contributed by atoms with Crippen LogP contribution in [-0.2, 0) is 7.05 Å². The van der Waals surface area contributed by atoms with Crippen molar-refractivity contribution in [1.29, 1.82) is 0 Å². The number of aromatic nitrogens is 1. The van der Waals surface area contributed by atoms with Crippen LogP contribution >= 0.6 is 0 Å². The van der Waals surface area contributed by atoms with E-state index >= 15 is 0 Å². The molecule has 6 heteroatoms. The molecule has 1 saturated heterocycles. The number of nitrogens with zero attached hydrogens (tertiary/aromatic N) is 2. The largest absolute Gasteiger partial charge is 0.370 e. The first-order chi connectivity index (χ1) is 14.5. The summed E-state index contributed by atoms with van der Waals surface area (Å²) in [4.78, 5) is 4.07. The molecule has 3 rings (SSSR count). The highest BCUT2D eigenvalue weighted by Crippen LogP contribution is 2.21. The molecule has 2 unspecified atom stereocenters. The van der Waals surface area contributed by atoms with Crippen LogP contribution in [0, 0.1) is 16.2 Å². The second-order valence-electron chi connectivity index (χ2n) is 12.4. The smallest absolute Gasteiger partial charge is 0.188 e. The molecule has 0 radical (unpaired) electrons. The van der Waals surface area contributed by atoms with Gasteiger partial charge in [-0.25, -0.2) is 4.57 Å². The lowest BCUT2D eigenvalue weighted by molar-refractivity contribution is -0.671. The molecule has 2 aliphatic heterocycles. The van der Waals surface area contributed by atoms with Crippen molar-refractivity contribution in [1.82, 2.24) is 16.0 Å². The zero-order valence-corrected chi connectivity index (χ0v) is 22.8. The summed E-state index contributed by atoms with van der Waals surface area (Å²) < 4.78 is 2.00. The Morgan fingerprint density at radius 3 is 1.56 bits per heavy atom. The molecule has 0 aliphatic carbocycles. The predicted octanol–water partition coefficient (Wildman–Crippen LogP) is 3.48. The van der Waals surface area contributed by atoms with Crippen LogP contribution in [0.2, 0.25) is 0 Å². The Labute approximate surface area is 198 Å². The van der Waals surface area contributed by atoms with Crippen molar-refractivity contribution in [2.45, 2.75) is 81.3 Å². The van der Waals surface area contributed by atoms with Crippen LogP contribution in [-0.4, -0.2) is 44.2 Å². The first kappa shape index (κ1) is 30.3. The maximum absolute atomic E-state index is 5.46. The summed E-state index contributed by atoms with van der Waals surface area (Å²) in [5, 5.41) is 10.00. The molecule has 3 heterocycles. The van der Waals surface area contributed by atoms with E-state index in [9.17, 15) is 0 Å². The van der Waals surface area contributed by atoms with Gasteiger partial charge in [0.15, 0.2) is 18.4 Å². The number of hydrogen-bond donors (Lipinski definition) is 4. The zero-order valence-electron chi connectivity index (χ0n) is 22.8. The Morgan fingerprint density at radius 1 is 0.844 bits per heavy atom. The van der Waals surface area contributed by atoms with Gasteiger partial charge in [0.25, 0.3) is 0 Å². The molecule has 0 amide bonds. The molecule has 186 valence electrons. The van der Waals surface area contributed by atoms with Crippen molar-refractivity contribution in [2.24, 2.45) is 34.0 Å². The molecule has 6 nitrogen and oxygen atoms in total. The maximum atomic E-state index is 5.46. The number of nitrogens with two attached hydrogens (primary N) is 1. The summed E-state index contributed by atoms with van der Waals surface area (Å²) in [6.45, 7) is 26.3. The number of aryl methyl sites for hydroxylation is 1. The van der Waals surface area contributed by atoms with Crippen LogP contribution in [0.1, 0.15) is 69.2 Å². The lowest BCUT2D eigenvalue weighted by Crippen LogP contribution is -2.54. The highest BCUT2D eigenvalue weighted by atomic mass is 15.2. The Hall–Kier alpha value is -1.66. The second-order valence-corrected chi connectivity index (χ2v) is 12.4. The van der Waals surface area contributed by atoms with E-state index in [2.05, 4.69) is 90.2 Å². The number of aliphatic imine (C=N–C) groups is 1. The topological polar surface area (TPSA) is 78.3 Å². The highest BCUT2D eigenvalue weighted by Gasteiger charge is 2.27. The minimum absolute atomic E-state index is 0.255. The molecule has 1 fully saturated rings. The SMILES string of the molecule is CC(C)(C)C.CC(C)(C)C1CN=C(N)N1.CC(C)(C)C1CNCCN1.C[n+]1ccccc1. The van der Waals surface area contributed by atoms with Gasteiger partial charge < -0.3 is 21.7 Å². The summed E-state index contributed by atoms with van der Waals surface area (Å²) in [7, 11) is 2.00. The van der Waals surface area contributed by atoms with Gasteiger partial charge in [0.1, 0.15) is 7.05 Å². The molecule has 0 aromatic carbocycles. The standard InChI is InChI=1S/C8H18N2.C7H15N3.C6H8N.C5H12/c1-8(2,3)7-6-9-4-5-10-7;1-7(2,3)5-4-9-6(8)10-5;1-7-5-3-2-4-6-7;1-5(2,3)4/h7,9-10H,4-6H2,1-3H3;5H,4H2,1-3H3,(H3,8,9,10);2-6H,1H3;1-4H3/q;;+1;. The van der Waals surface area contributed by atoms with E-state index in [0.717, 1.165) is 26.2 Å². The fourth-order valence-electron chi connectivity index (χ4n) is 2.70. The van der Waals surface area contributed by atoms with Gasteiger partial charge in [-0.1, -0.05) is 75.3 Å². The van der Waals surface area contributed by atoms with Crippen LogP contribution in [0.15, 0.2) is 35.6 Å². The first-order valence-electron chi connectivity index (χ1n) is 11.9. The van der Waals surface area contributed by atoms with Crippen LogP contribution in [0.4, 0.5) is 0 Å². The minimum atomic E-state index is 0.255. The Bertz CT molecular complexity index is 611. The van der Waals surface area contributed by atoms with E-state index in [1.807, 2.05) is 42.2 Å². The van der Waals surface area contributed by atoms with E-state index < -0.39 is 0 Å². The quantitative estimate of drug-likeness (QED) is 0.457. The van der Waals surface area contributed by atoms with Crippen molar-refractivity contribution in [3.8, 4) is 0 Å². The Kier molecular flexibility index (Phi) is 13.1. The molecule has 2 aliphatic rings. The third-order valence-corrected chi connectivity index (χ3v) is 4.76. The molecule has 0 spiro atoms. The fraction of sp³-hybridized carbons (Fsp3) is 0.769. The molecule has 0 bridgehead atoms. The summed E-state index contributed by atoms with van der Waals surface area (Å²) in [6, 6.07) is 7.05. The summed E-state index contributed by atoms with van der Waals surface area (Å²) in [5.74, 6) is 0.583. The Morgan fingerprint density at radius 2 is 1.34 bits per heavy atom. The van der Waals surface area contributed by atoms with Gasteiger partial charge >= 0.3 is 0 Å². The number of hydrogen-bond acceptors (Lipinski definition) is 5. The van der Waals surface area contributed by atoms with Crippen molar-refractivity contribution in [3.63, 3.8) is 0 Å². The number of guanidine groups is 1. The van der Waals surface area contributed by atoms with Crippen molar-refractivity contribution < 1.29 is 4.57 Å². The number of piperazine rings is 1. The molecular weight excluding hydrogens is 396 g/mol. The van der Waals surface area contributed by atoms with Gasteiger partial charge in [-0.3, -0.25) is 4.99 Å². The summed E-state index contributed by atoms with van der Waals surface area (Å²) >= 11 is 0. The van der Waals surface area contributed by atoms with E-state index in [1.165, 1.54) is 0 Å². The van der Waals surface area contributed by atoms with Gasteiger partial charge in [-0.15, -0.1) is 0 Å². The molecule has 1 aromatic heterocycles. The molecule has 1 aromatic rings. The van der Waals surface area contributed by atoms with Gasteiger partial charge in [-0.2, -0.15) is 0 Å². The van der Waals surface area contributed by atoms with Crippen molar-refractivity contribution >= 4 is 5.96 Å². The van der Waals surface area contributed by atoms with Crippen LogP contribution in [0.5, 0.6) is 0 Å². The van der Waals surface area contributed by atoms with Crippen LogP contribution in [0.3, 0.4) is 0 Å². The van der Waals surface area contributed by atoms with Gasteiger partial charge in [0, 0.05) is 37.8 Å². The zero-order chi connectivity index (χ0) is 25.0. The van der Waals surface area contributed by atoms with E-state index in [-0.39, 0.29) is 5.41 Å². The minimum Gasteiger partial charge on any atom is -0.370 e. The summed E-state index contributed by atoms with van der Waals surface area (Å²) in [5.41, 5.74) is 6.61.